The number of amides is 1. The summed E-state index contributed by atoms with van der Waals surface area (Å²) in [7, 11) is 0. The van der Waals surface area contributed by atoms with Gasteiger partial charge in [0.1, 0.15) is 6.04 Å². The molecular formula is C17H22F3NO3. The summed E-state index contributed by atoms with van der Waals surface area (Å²) in [4.78, 5) is 24.5. The minimum atomic E-state index is -4.47. The molecule has 7 heteroatoms. The molecule has 3 aliphatic rings. The molecule has 1 N–H and O–H groups in total. The molecule has 0 aromatic heterocycles. The maximum absolute atomic E-state index is 13.4. The minimum absolute atomic E-state index is 0.0475. The largest absolute Gasteiger partial charge is 0.481 e. The second-order valence-electron chi connectivity index (χ2n) is 7.22. The van der Waals surface area contributed by atoms with E-state index in [-0.39, 0.29) is 24.8 Å². The van der Waals surface area contributed by atoms with Crippen LogP contribution in [0.4, 0.5) is 13.2 Å². The van der Waals surface area contributed by atoms with Crippen molar-refractivity contribution >= 4 is 11.9 Å². The summed E-state index contributed by atoms with van der Waals surface area (Å²) < 4.78 is 40.3. The van der Waals surface area contributed by atoms with Gasteiger partial charge in [0.25, 0.3) is 0 Å². The molecule has 1 amide bonds. The first-order chi connectivity index (χ1) is 11.3. The first-order valence-electron chi connectivity index (χ1n) is 8.57. The molecule has 0 aromatic carbocycles. The van der Waals surface area contributed by atoms with Gasteiger partial charge in [-0.25, -0.2) is 0 Å². The van der Waals surface area contributed by atoms with E-state index in [1.807, 2.05) is 0 Å². The summed E-state index contributed by atoms with van der Waals surface area (Å²) >= 11 is 0. The molecule has 24 heavy (non-hydrogen) atoms. The lowest BCUT2D eigenvalue weighted by Gasteiger charge is -2.33. The Kier molecular flexibility index (Phi) is 4.62. The fourth-order valence-electron chi connectivity index (χ4n) is 4.37. The predicted molar refractivity (Wildman–Crippen MR) is 80.0 cm³/mol. The van der Waals surface area contributed by atoms with Crippen molar-refractivity contribution < 1.29 is 27.9 Å². The fourth-order valence-corrected chi connectivity index (χ4v) is 4.37. The Morgan fingerprint density at radius 2 is 1.62 bits per heavy atom. The van der Waals surface area contributed by atoms with Crippen LogP contribution in [0, 0.1) is 23.7 Å². The van der Waals surface area contributed by atoms with Crippen molar-refractivity contribution in [1.29, 1.82) is 0 Å². The highest BCUT2D eigenvalue weighted by Crippen LogP contribution is 2.43. The summed E-state index contributed by atoms with van der Waals surface area (Å²) in [6.07, 6.45) is 3.32. The summed E-state index contributed by atoms with van der Waals surface area (Å²) in [5.74, 6) is -3.70. The average molecular weight is 345 g/mol. The number of carboxylic acid groups (broad SMARTS) is 1. The van der Waals surface area contributed by atoms with Gasteiger partial charge in [-0.1, -0.05) is 44.3 Å². The van der Waals surface area contributed by atoms with Gasteiger partial charge in [0, 0.05) is 6.54 Å². The van der Waals surface area contributed by atoms with Gasteiger partial charge in [-0.15, -0.1) is 0 Å². The van der Waals surface area contributed by atoms with E-state index in [9.17, 15) is 22.8 Å². The Morgan fingerprint density at radius 1 is 1.00 bits per heavy atom. The number of hydrogen-bond donors (Lipinski definition) is 1. The third-order valence-electron chi connectivity index (χ3n) is 5.79. The van der Waals surface area contributed by atoms with E-state index in [2.05, 4.69) is 0 Å². The number of rotatable bonds is 3. The Labute approximate surface area is 138 Å². The number of alkyl halides is 3. The van der Waals surface area contributed by atoms with Crippen LogP contribution in [-0.4, -0.2) is 40.6 Å². The third kappa shape index (κ3) is 3.17. The molecule has 0 spiro atoms. The number of hydrogen-bond acceptors (Lipinski definition) is 2. The first kappa shape index (κ1) is 17.3. The van der Waals surface area contributed by atoms with E-state index in [0.717, 1.165) is 37.0 Å². The van der Waals surface area contributed by atoms with Gasteiger partial charge >= 0.3 is 12.1 Å². The van der Waals surface area contributed by atoms with E-state index in [1.165, 1.54) is 12.2 Å². The van der Waals surface area contributed by atoms with Crippen LogP contribution in [-0.2, 0) is 9.59 Å². The molecule has 134 valence electrons. The number of aliphatic carboxylic acids is 1. The maximum Gasteiger partial charge on any atom is 0.408 e. The molecule has 2 fully saturated rings. The van der Waals surface area contributed by atoms with Gasteiger partial charge in [-0.3, -0.25) is 9.59 Å². The number of carbonyl (C=O) groups excluding carboxylic acids is 1. The molecule has 3 rings (SSSR count). The zero-order valence-corrected chi connectivity index (χ0v) is 13.3. The van der Waals surface area contributed by atoms with E-state index < -0.39 is 35.9 Å². The zero-order chi connectivity index (χ0) is 17.5. The van der Waals surface area contributed by atoms with Gasteiger partial charge in [-0.05, 0) is 18.3 Å². The topological polar surface area (TPSA) is 57.6 Å². The molecular weight excluding hydrogens is 323 g/mol. The van der Waals surface area contributed by atoms with Crippen LogP contribution in [0.25, 0.3) is 0 Å². The van der Waals surface area contributed by atoms with Gasteiger partial charge < -0.3 is 10.0 Å². The molecule has 0 radical (unpaired) electrons. The van der Waals surface area contributed by atoms with E-state index in [4.69, 9.17) is 5.11 Å². The molecule has 0 aromatic rings. The van der Waals surface area contributed by atoms with E-state index in [0.29, 0.717) is 0 Å². The lowest BCUT2D eigenvalue weighted by molar-refractivity contribution is -0.185. The maximum atomic E-state index is 13.4. The number of halogens is 3. The van der Waals surface area contributed by atoms with Crippen molar-refractivity contribution in [2.75, 3.05) is 6.54 Å². The van der Waals surface area contributed by atoms with Gasteiger partial charge in [0.15, 0.2) is 0 Å². The number of carbonyl (C=O) groups is 2. The molecule has 1 saturated carbocycles. The monoisotopic (exact) mass is 345 g/mol. The summed E-state index contributed by atoms with van der Waals surface area (Å²) in [6.45, 7) is 0.102. The van der Waals surface area contributed by atoms with Gasteiger partial charge in [0.2, 0.25) is 5.91 Å². The molecule has 1 aliphatic heterocycles. The summed E-state index contributed by atoms with van der Waals surface area (Å²) in [5, 5.41) is 9.03. The van der Waals surface area contributed by atoms with Crippen LogP contribution in [0.2, 0.25) is 0 Å². The first-order valence-corrected chi connectivity index (χ1v) is 8.57. The molecule has 4 nitrogen and oxygen atoms in total. The number of carboxylic acids is 1. The molecule has 1 saturated heterocycles. The second kappa shape index (κ2) is 6.41. The van der Waals surface area contributed by atoms with Crippen LogP contribution >= 0.6 is 0 Å². The highest BCUT2D eigenvalue weighted by molar-refractivity contribution is 5.90. The average Bonchev–Trinajstić information content (AvgIpc) is 2.91. The van der Waals surface area contributed by atoms with Crippen LogP contribution < -0.4 is 0 Å². The lowest BCUT2D eigenvalue weighted by Crippen LogP contribution is -2.49. The Balaban J connectivity index is 1.75. The van der Waals surface area contributed by atoms with Crippen molar-refractivity contribution in [2.24, 2.45) is 23.7 Å². The molecule has 0 bridgehead atoms. The minimum Gasteiger partial charge on any atom is -0.481 e. The van der Waals surface area contributed by atoms with Crippen LogP contribution in [0.3, 0.4) is 0 Å². The highest BCUT2D eigenvalue weighted by Gasteiger charge is 2.54. The smallest absolute Gasteiger partial charge is 0.408 e. The predicted octanol–water partition coefficient (Wildman–Crippen LogP) is 3.23. The molecule has 4 atom stereocenters. The highest BCUT2D eigenvalue weighted by atomic mass is 19.4. The number of nitrogens with zero attached hydrogens (tertiary/aromatic N) is 1. The molecule has 2 aliphatic carbocycles. The third-order valence-corrected chi connectivity index (χ3v) is 5.79. The summed E-state index contributed by atoms with van der Waals surface area (Å²) in [6, 6.07) is -1.78. The van der Waals surface area contributed by atoms with E-state index >= 15 is 0 Å². The Bertz CT molecular complexity index is 540. The van der Waals surface area contributed by atoms with Crippen molar-refractivity contribution in [3.63, 3.8) is 0 Å². The SMILES string of the molecule is O=C(O)[C@@H]1C=C[C@@H]1C(=O)N1C[C@H](C2CCCCC2)C[C@H]1C(F)(F)F. The summed E-state index contributed by atoms with van der Waals surface area (Å²) in [5.41, 5.74) is 0. The van der Waals surface area contributed by atoms with Crippen LogP contribution in [0.1, 0.15) is 38.5 Å². The van der Waals surface area contributed by atoms with Gasteiger partial charge in [-0.2, -0.15) is 13.2 Å². The zero-order valence-electron chi connectivity index (χ0n) is 13.3. The Hall–Kier alpha value is -1.53. The van der Waals surface area contributed by atoms with Crippen molar-refractivity contribution in [2.45, 2.75) is 50.7 Å². The van der Waals surface area contributed by atoms with Crippen molar-refractivity contribution in [1.82, 2.24) is 4.90 Å². The van der Waals surface area contributed by atoms with Crippen molar-refractivity contribution in [3.8, 4) is 0 Å². The second-order valence-corrected chi connectivity index (χ2v) is 7.22. The standard InChI is InChI=1S/C17H22F3NO3/c18-17(19,20)14-8-11(10-4-2-1-3-5-10)9-21(14)15(22)12-6-7-13(12)16(23)24/h6-7,10-14H,1-5,8-9H2,(H,23,24)/t11-,12+,13-,14+/m1/s1. The lowest BCUT2D eigenvalue weighted by atomic mass is 9.79. The molecule has 0 unspecified atom stereocenters. The van der Waals surface area contributed by atoms with E-state index in [1.54, 1.807) is 0 Å². The van der Waals surface area contributed by atoms with Crippen LogP contribution in [0.15, 0.2) is 12.2 Å². The Morgan fingerprint density at radius 3 is 2.12 bits per heavy atom. The fraction of sp³-hybridized carbons (Fsp3) is 0.765. The van der Waals surface area contributed by atoms with Crippen LogP contribution in [0.5, 0.6) is 0 Å². The number of likely N-dealkylation sites (tertiary alicyclic amines) is 1. The van der Waals surface area contributed by atoms with Gasteiger partial charge in [0.05, 0.1) is 11.8 Å². The molecule has 1 heterocycles. The van der Waals surface area contributed by atoms with Crippen molar-refractivity contribution in [3.05, 3.63) is 12.2 Å². The normalized spacial score (nSPS) is 34.2. The quantitative estimate of drug-likeness (QED) is 0.799.